The number of nitrogens with one attached hydrogen (secondary N) is 1. The van der Waals surface area contributed by atoms with Gasteiger partial charge in [0.1, 0.15) is 0 Å². The van der Waals surface area contributed by atoms with Crippen molar-refractivity contribution in [2.45, 2.75) is 65.8 Å². The summed E-state index contributed by atoms with van der Waals surface area (Å²) in [4.78, 5) is 15.0. The second kappa shape index (κ2) is 10.6. The summed E-state index contributed by atoms with van der Waals surface area (Å²) in [6.45, 7) is 10.6. The van der Waals surface area contributed by atoms with E-state index in [0.717, 1.165) is 45.4 Å². The molecule has 1 saturated heterocycles. The summed E-state index contributed by atoms with van der Waals surface area (Å²) in [7, 11) is 0. The molecule has 0 spiro atoms. The second-order valence-electron chi connectivity index (χ2n) is 7.64. The lowest BCUT2D eigenvalue weighted by atomic mass is 9.94. The normalized spacial score (nSPS) is 17.4. The van der Waals surface area contributed by atoms with Crippen molar-refractivity contribution in [2.24, 2.45) is 11.8 Å². The minimum Gasteiger partial charge on any atom is -0.356 e. The first-order chi connectivity index (χ1) is 12.1. The third kappa shape index (κ3) is 6.47. The van der Waals surface area contributed by atoms with E-state index in [1.54, 1.807) is 0 Å². The van der Waals surface area contributed by atoms with Crippen LogP contribution in [0, 0.1) is 18.8 Å². The van der Waals surface area contributed by atoms with E-state index < -0.39 is 0 Å². The minimum absolute atomic E-state index is 0.205. The first kappa shape index (κ1) is 20.0. The average Bonchev–Trinajstić information content (AvgIpc) is 2.64. The summed E-state index contributed by atoms with van der Waals surface area (Å²) in [6.07, 6.45) is 6.89. The van der Waals surface area contributed by atoms with Crippen LogP contribution in [-0.2, 0) is 11.3 Å². The molecule has 1 heterocycles. The van der Waals surface area contributed by atoms with Crippen LogP contribution in [0.25, 0.3) is 0 Å². The molecule has 2 rings (SSSR count). The van der Waals surface area contributed by atoms with Crippen molar-refractivity contribution in [2.75, 3.05) is 19.6 Å². The van der Waals surface area contributed by atoms with Crippen LogP contribution in [0.3, 0.4) is 0 Å². The van der Waals surface area contributed by atoms with Crippen molar-refractivity contribution in [1.82, 2.24) is 10.2 Å². The summed E-state index contributed by atoms with van der Waals surface area (Å²) >= 11 is 0. The smallest absolute Gasteiger partial charge is 0.223 e. The fourth-order valence-electron chi connectivity index (χ4n) is 3.71. The van der Waals surface area contributed by atoms with Gasteiger partial charge >= 0.3 is 0 Å². The molecule has 1 aromatic rings. The Labute approximate surface area is 154 Å². The van der Waals surface area contributed by atoms with Crippen molar-refractivity contribution in [3.63, 3.8) is 0 Å². The van der Waals surface area contributed by atoms with Gasteiger partial charge in [0, 0.05) is 19.0 Å². The van der Waals surface area contributed by atoms with Crippen LogP contribution in [0.4, 0.5) is 0 Å². The van der Waals surface area contributed by atoms with Crippen LogP contribution in [0.2, 0.25) is 0 Å². The number of unbranched alkanes of at least 4 members (excludes halogenated alkanes) is 1. The molecule has 0 aromatic heterocycles. The zero-order valence-corrected chi connectivity index (χ0v) is 16.4. The van der Waals surface area contributed by atoms with Crippen LogP contribution in [0.1, 0.15) is 63.5 Å². The molecule has 0 radical (unpaired) electrons. The van der Waals surface area contributed by atoms with Crippen molar-refractivity contribution in [3.8, 4) is 0 Å². The highest BCUT2D eigenvalue weighted by Crippen LogP contribution is 2.21. The van der Waals surface area contributed by atoms with Crippen LogP contribution in [0.15, 0.2) is 24.3 Å². The second-order valence-corrected chi connectivity index (χ2v) is 7.64. The van der Waals surface area contributed by atoms with Crippen LogP contribution >= 0.6 is 0 Å². The quantitative estimate of drug-likeness (QED) is 0.713. The fourth-order valence-corrected chi connectivity index (χ4v) is 3.71. The zero-order chi connectivity index (χ0) is 18.1. The zero-order valence-electron chi connectivity index (χ0n) is 16.4. The van der Waals surface area contributed by atoms with Gasteiger partial charge in [-0.15, -0.1) is 0 Å². The summed E-state index contributed by atoms with van der Waals surface area (Å²) in [5, 5.41) is 3.23. The molecule has 140 valence electrons. The molecule has 1 N–H and O–H groups in total. The Hall–Kier alpha value is -1.35. The molecule has 25 heavy (non-hydrogen) atoms. The molecular weight excluding hydrogens is 308 g/mol. The highest BCUT2D eigenvalue weighted by Gasteiger charge is 2.25. The van der Waals surface area contributed by atoms with E-state index in [4.69, 9.17) is 0 Å². The van der Waals surface area contributed by atoms with Crippen LogP contribution in [0.5, 0.6) is 0 Å². The highest BCUT2D eigenvalue weighted by atomic mass is 16.1. The highest BCUT2D eigenvalue weighted by molar-refractivity contribution is 5.78. The van der Waals surface area contributed by atoms with Gasteiger partial charge in [-0.1, -0.05) is 57.4 Å². The maximum atomic E-state index is 12.5. The largest absolute Gasteiger partial charge is 0.356 e. The van der Waals surface area contributed by atoms with Gasteiger partial charge < -0.3 is 5.32 Å². The number of amides is 1. The number of rotatable bonds is 9. The van der Waals surface area contributed by atoms with E-state index in [1.165, 1.54) is 30.4 Å². The van der Waals surface area contributed by atoms with Gasteiger partial charge in [0.15, 0.2) is 0 Å². The minimum atomic E-state index is 0.205. The molecule has 1 aliphatic heterocycles. The van der Waals surface area contributed by atoms with Gasteiger partial charge in [0.05, 0.1) is 0 Å². The predicted octanol–water partition coefficient (Wildman–Crippen LogP) is 4.54. The molecule has 1 aromatic carbocycles. The Bertz CT molecular complexity index is 521. The molecule has 3 nitrogen and oxygen atoms in total. The molecule has 0 saturated carbocycles. The Balaban J connectivity index is 1.72. The van der Waals surface area contributed by atoms with Crippen molar-refractivity contribution in [1.29, 1.82) is 0 Å². The third-order valence-electron chi connectivity index (χ3n) is 5.72. The molecule has 1 fully saturated rings. The lowest BCUT2D eigenvalue weighted by molar-refractivity contribution is -0.126. The first-order valence-electron chi connectivity index (χ1n) is 10.2. The maximum Gasteiger partial charge on any atom is 0.223 e. The lowest BCUT2D eigenvalue weighted by Crippen LogP contribution is -2.41. The SMILES string of the molecule is CCCCC(CC)CNC(=O)C1CCN(Cc2ccccc2C)CC1. The summed E-state index contributed by atoms with van der Waals surface area (Å²) in [6, 6.07) is 8.61. The maximum absolute atomic E-state index is 12.5. The van der Waals surface area contributed by atoms with Gasteiger partial charge in [0.25, 0.3) is 0 Å². The van der Waals surface area contributed by atoms with Gasteiger partial charge in [0.2, 0.25) is 5.91 Å². The van der Waals surface area contributed by atoms with Crippen molar-refractivity contribution >= 4 is 5.91 Å². The molecule has 1 aliphatic rings. The molecular formula is C22H36N2O. The Morgan fingerprint density at radius 3 is 2.60 bits per heavy atom. The Kier molecular flexibility index (Phi) is 8.47. The van der Waals surface area contributed by atoms with Crippen molar-refractivity contribution < 1.29 is 4.79 Å². The lowest BCUT2D eigenvalue weighted by Gasteiger charge is -2.32. The van der Waals surface area contributed by atoms with Gasteiger partial charge in [-0.25, -0.2) is 0 Å². The predicted molar refractivity (Wildman–Crippen MR) is 105 cm³/mol. The summed E-state index contributed by atoms with van der Waals surface area (Å²) in [5.74, 6) is 1.13. The van der Waals surface area contributed by atoms with E-state index in [-0.39, 0.29) is 11.8 Å². The van der Waals surface area contributed by atoms with E-state index >= 15 is 0 Å². The number of hydrogen-bond donors (Lipinski definition) is 1. The number of carbonyl (C=O) groups is 1. The number of aryl methyl sites for hydroxylation is 1. The van der Waals surface area contributed by atoms with Gasteiger partial charge in [-0.3, -0.25) is 9.69 Å². The number of nitrogens with zero attached hydrogens (tertiary/aromatic N) is 1. The number of hydrogen-bond acceptors (Lipinski definition) is 2. The van der Waals surface area contributed by atoms with E-state index in [2.05, 4.69) is 55.3 Å². The monoisotopic (exact) mass is 344 g/mol. The van der Waals surface area contributed by atoms with E-state index in [9.17, 15) is 4.79 Å². The van der Waals surface area contributed by atoms with E-state index in [0.29, 0.717) is 5.92 Å². The van der Waals surface area contributed by atoms with Gasteiger partial charge in [-0.05, 0) is 56.3 Å². The third-order valence-corrected chi connectivity index (χ3v) is 5.72. The number of carbonyl (C=O) groups excluding carboxylic acids is 1. The molecule has 1 unspecified atom stereocenters. The van der Waals surface area contributed by atoms with Crippen LogP contribution < -0.4 is 5.32 Å². The molecule has 0 aliphatic carbocycles. The number of likely N-dealkylation sites (tertiary alicyclic amines) is 1. The topological polar surface area (TPSA) is 32.3 Å². The summed E-state index contributed by atoms with van der Waals surface area (Å²) < 4.78 is 0. The number of benzene rings is 1. The molecule has 1 atom stereocenters. The van der Waals surface area contributed by atoms with E-state index in [1.807, 2.05) is 0 Å². The first-order valence-corrected chi connectivity index (χ1v) is 10.2. The Morgan fingerprint density at radius 2 is 1.96 bits per heavy atom. The van der Waals surface area contributed by atoms with Gasteiger partial charge in [-0.2, -0.15) is 0 Å². The summed E-state index contributed by atoms with van der Waals surface area (Å²) in [5.41, 5.74) is 2.77. The molecule has 1 amide bonds. The fraction of sp³-hybridized carbons (Fsp3) is 0.682. The standard InChI is InChI=1S/C22H36N2O/c1-4-6-10-19(5-2)16-23-22(25)20-12-14-24(15-13-20)17-21-11-8-7-9-18(21)3/h7-9,11,19-20H,4-6,10,12-17H2,1-3H3,(H,23,25). The van der Waals surface area contributed by atoms with Crippen molar-refractivity contribution in [3.05, 3.63) is 35.4 Å². The molecule has 3 heteroatoms. The molecule has 0 bridgehead atoms. The average molecular weight is 345 g/mol. The Morgan fingerprint density at radius 1 is 1.24 bits per heavy atom. The van der Waals surface area contributed by atoms with Crippen LogP contribution in [-0.4, -0.2) is 30.4 Å². The number of piperidine rings is 1.